The molecule has 2 rings (SSSR count). The van der Waals surface area contributed by atoms with Crippen molar-refractivity contribution in [1.29, 1.82) is 0 Å². The van der Waals surface area contributed by atoms with Crippen molar-refractivity contribution in [2.24, 2.45) is 0 Å². The van der Waals surface area contributed by atoms with Gasteiger partial charge in [-0.2, -0.15) is 0 Å². The maximum Gasteiger partial charge on any atom is 0.125 e. The van der Waals surface area contributed by atoms with Crippen LogP contribution in [0.4, 0.5) is 10.2 Å². The highest BCUT2D eigenvalue weighted by atomic mass is 19.1. The highest BCUT2D eigenvalue weighted by molar-refractivity contribution is 5.33. The van der Waals surface area contributed by atoms with Crippen LogP contribution in [0.25, 0.3) is 0 Å². The first-order chi connectivity index (χ1) is 7.84. The second kappa shape index (κ2) is 5.26. The summed E-state index contributed by atoms with van der Waals surface area (Å²) in [7, 11) is 0. The minimum atomic E-state index is -0.185. The number of nitrogens with one attached hydrogen (secondary N) is 1. The van der Waals surface area contributed by atoms with Crippen LogP contribution in [0.3, 0.4) is 0 Å². The van der Waals surface area contributed by atoms with E-state index in [0.717, 1.165) is 24.3 Å². The highest BCUT2D eigenvalue weighted by Gasteiger charge is 1.95. The van der Waals surface area contributed by atoms with Gasteiger partial charge in [-0.05, 0) is 36.2 Å². The third-order valence-electron chi connectivity index (χ3n) is 2.27. The smallest absolute Gasteiger partial charge is 0.125 e. The number of anilines is 1. The minimum Gasteiger partial charge on any atom is -0.370 e. The van der Waals surface area contributed by atoms with E-state index in [1.54, 1.807) is 18.3 Å². The van der Waals surface area contributed by atoms with Crippen molar-refractivity contribution in [2.75, 3.05) is 11.9 Å². The standard InChI is InChI=1S/C13H13FN2/c14-12-5-3-4-11(10-12)7-9-16-13-6-1-2-8-15-13/h1-6,8,10H,7,9H2,(H,15,16). The van der Waals surface area contributed by atoms with Gasteiger partial charge in [0.25, 0.3) is 0 Å². The average Bonchev–Trinajstić information content (AvgIpc) is 2.30. The third kappa shape index (κ3) is 3.05. The van der Waals surface area contributed by atoms with Gasteiger partial charge in [-0.3, -0.25) is 0 Å². The van der Waals surface area contributed by atoms with Crippen LogP contribution in [0.15, 0.2) is 48.7 Å². The Hall–Kier alpha value is -1.90. The van der Waals surface area contributed by atoms with Crippen LogP contribution in [0.5, 0.6) is 0 Å². The summed E-state index contributed by atoms with van der Waals surface area (Å²) in [5, 5.41) is 3.18. The molecule has 1 aromatic carbocycles. The fourth-order valence-electron chi connectivity index (χ4n) is 1.49. The number of halogens is 1. The van der Waals surface area contributed by atoms with Crippen LogP contribution < -0.4 is 5.32 Å². The first kappa shape index (κ1) is 10.6. The molecule has 0 saturated carbocycles. The molecule has 0 atom stereocenters. The quantitative estimate of drug-likeness (QED) is 0.850. The fraction of sp³-hybridized carbons (Fsp3) is 0.154. The van der Waals surface area contributed by atoms with E-state index in [-0.39, 0.29) is 5.82 Å². The van der Waals surface area contributed by atoms with Gasteiger partial charge in [0.05, 0.1) is 0 Å². The van der Waals surface area contributed by atoms with Gasteiger partial charge >= 0.3 is 0 Å². The molecule has 2 nitrogen and oxygen atoms in total. The number of pyridine rings is 1. The van der Waals surface area contributed by atoms with Gasteiger partial charge < -0.3 is 5.32 Å². The fourth-order valence-corrected chi connectivity index (χ4v) is 1.49. The first-order valence-electron chi connectivity index (χ1n) is 5.24. The predicted molar refractivity (Wildman–Crippen MR) is 62.8 cm³/mol. The molecule has 0 amide bonds. The molecule has 0 unspecified atom stereocenters. The summed E-state index contributed by atoms with van der Waals surface area (Å²) in [6.45, 7) is 0.750. The van der Waals surface area contributed by atoms with Crippen molar-refractivity contribution in [3.8, 4) is 0 Å². The van der Waals surface area contributed by atoms with E-state index in [1.165, 1.54) is 6.07 Å². The molecule has 0 spiro atoms. The molecule has 1 aromatic heterocycles. The predicted octanol–water partition coefficient (Wildman–Crippen LogP) is 2.88. The highest BCUT2D eigenvalue weighted by Crippen LogP contribution is 2.05. The van der Waals surface area contributed by atoms with E-state index in [9.17, 15) is 4.39 Å². The van der Waals surface area contributed by atoms with Crippen molar-refractivity contribution in [1.82, 2.24) is 4.98 Å². The van der Waals surface area contributed by atoms with E-state index in [2.05, 4.69) is 10.3 Å². The van der Waals surface area contributed by atoms with Gasteiger partial charge in [0.15, 0.2) is 0 Å². The van der Waals surface area contributed by atoms with E-state index < -0.39 is 0 Å². The molecule has 0 bridgehead atoms. The van der Waals surface area contributed by atoms with E-state index in [1.807, 2.05) is 24.3 Å². The number of benzene rings is 1. The maximum atomic E-state index is 12.9. The van der Waals surface area contributed by atoms with Gasteiger partial charge in [0.1, 0.15) is 11.6 Å². The largest absolute Gasteiger partial charge is 0.370 e. The van der Waals surface area contributed by atoms with Crippen molar-refractivity contribution >= 4 is 5.82 Å². The topological polar surface area (TPSA) is 24.9 Å². The molecule has 0 aliphatic carbocycles. The van der Waals surface area contributed by atoms with Crippen LogP contribution in [0.1, 0.15) is 5.56 Å². The first-order valence-corrected chi connectivity index (χ1v) is 5.24. The van der Waals surface area contributed by atoms with Gasteiger partial charge in [-0.25, -0.2) is 9.37 Å². The molecule has 0 saturated heterocycles. The lowest BCUT2D eigenvalue weighted by atomic mass is 10.1. The molecule has 0 aliphatic rings. The molecule has 0 radical (unpaired) electrons. The molecular weight excluding hydrogens is 203 g/mol. The average molecular weight is 216 g/mol. The number of hydrogen-bond donors (Lipinski definition) is 1. The Labute approximate surface area is 94.2 Å². The van der Waals surface area contributed by atoms with Crippen molar-refractivity contribution in [2.45, 2.75) is 6.42 Å². The Balaban J connectivity index is 1.85. The Morgan fingerprint density at radius 1 is 1.12 bits per heavy atom. The Morgan fingerprint density at radius 2 is 2.06 bits per heavy atom. The molecule has 3 heteroatoms. The van der Waals surface area contributed by atoms with Gasteiger partial charge in [0.2, 0.25) is 0 Å². The summed E-state index contributed by atoms with van der Waals surface area (Å²) >= 11 is 0. The van der Waals surface area contributed by atoms with Gasteiger partial charge in [-0.1, -0.05) is 18.2 Å². The minimum absolute atomic E-state index is 0.185. The zero-order valence-corrected chi connectivity index (χ0v) is 8.86. The van der Waals surface area contributed by atoms with Crippen LogP contribution in [-0.2, 0) is 6.42 Å². The van der Waals surface area contributed by atoms with E-state index in [0.29, 0.717) is 0 Å². The Bertz CT molecular complexity index is 443. The Kier molecular flexibility index (Phi) is 3.49. The van der Waals surface area contributed by atoms with Crippen molar-refractivity contribution < 1.29 is 4.39 Å². The number of hydrogen-bond acceptors (Lipinski definition) is 2. The van der Waals surface area contributed by atoms with Crippen molar-refractivity contribution in [3.05, 3.63) is 60.0 Å². The molecule has 82 valence electrons. The number of rotatable bonds is 4. The number of nitrogens with zero attached hydrogens (tertiary/aromatic N) is 1. The normalized spacial score (nSPS) is 10.1. The molecule has 1 heterocycles. The van der Waals surface area contributed by atoms with Crippen LogP contribution >= 0.6 is 0 Å². The second-order valence-electron chi connectivity index (χ2n) is 3.52. The summed E-state index contributed by atoms with van der Waals surface area (Å²) in [5.41, 5.74) is 0.989. The monoisotopic (exact) mass is 216 g/mol. The van der Waals surface area contributed by atoms with E-state index >= 15 is 0 Å². The van der Waals surface area contributed by atoms with E-state index in [4.69, 9.17) is 0 Å². The summed E-state index contributed by atoms with van der Waals surface area (Å²) < 4.78 is 12.9. The van der Waals surface area contributed by atoms with Crippen LogP contribution in [-0.4, -0.2) is 11.5 Å². The maximum absolute atomic E-state index is 12.9. The van der Waals surface area contributed by atoms with Gasteiger partial charge in [-0.15, -0.1) is 0 Å². The lowest BCUT2D eigenvalue weighted by molar-refractivity contribution is 0.625. The second-order valence-corrected chi connectivity index (χ2v) is 3.52. The number of aromatic nitrogens is 1. The molecule has 16 heavy (non-hydrogen) atoms. The molecule has 0 aliphatic heterocycles. The van der Waals surface area contributed by atoms with Crippen LogP contribution in [0.2, 0.25) is 0 Å². The van der Waals surface area contributed by atoms with Crippen molar-refractivity contribution in [3.63, 3.8) is 0 Å². The third-order valence-corrected chi connectivity index (χ3v) is 2.27. The zero-order chi connectivity index (χ0) is 11.2. The Morgan fingerprint density at radius 3 is 2.81 bits per heavy atom. The summed E-state index contributed by atoms with van der Waals surface area (Å²) in [6, 6.07) is 12.4. The molecule has 1 N–H and O–H groups in total. The summed E-state index contributed by atoms with van der Waals surface area (Å²) in [4.78, 5) is 4.14. The molecule has 2 aromatic rings. The molecular formula is C13H13FN2. The lowest BCUT2D eigenvalue weighted by Gasteiger charge is -2.05. The summed E-state index contributed by atoms with van der Waals surface area (Å²) in [5.74, 6) is 0.661. The summed E-state index contributed by atoms with van der Waals surface area (Å²) in [6.07, 6.45) is 2.53. The zero-order valence-electron chi connectivity index (χ0n) is 8.86. The lowest BCUT2D eigenvalue weighted by Crippen LogP contribution is -2.05. The SMILES string of the molecule is Fc1cccc(CCNc2ccccn2)c1. The van der Waals surface area contributed by atoms with Gasteiger partial charge in [0, 0.05) is 12.7 Å². The molecule has 0 fully saturated rings. The van der Waals surface area contributed by atoms with Crippen LogP contribution in [0, 0.1) is 5.82 Å².